The van der Waals surface area contributed by atoms with Gasteiger partial charge in [0, 0.05) is 0 Å². The van der Waals surface area contributed by atoms with Crippen molar-refractivity contribution in [2.24, 2.45) is 0 Å². The molecule has 12 bridgehead atoms. The minimum absolute atomic E-state index is 0.0180. The summed E-state index contributed by atoms with van der Waals surface area (Å²) in [7, 11) is -11.1. The van der Waals surface area contributed by atoms with Crippen molar-refractivity contribution in [1.29, 1.82) is 0 Å². The molecule has 14 rings (SSSR count). The van der Waals surface area contributed by atoms with Crippen molar-refractivity contribution in [3.8, 4) is 5.75 Å². The number of aliphatic hydroxyl groups excluding tert-OH is 14. The normalized spacial score (nSPS) is 47.8. The van der Waals surface area contributed by atoms with Crippen LogP contribution in [0.2, 0.25) is 0 Å². The third kappa shape index (κ3) is 14.1. The summed E-state index contributed by atoms with van der Waals surface area (Å²) < 4.78 is 153. The van der Waals surface area contributed by atoms with E-state index in [1.165, 1.54) is 24.3 Å². The van der Waals surface area contributed by atoms with Gasteiger partial charge >= 0.3 is 20.8 Å². The van der Waals surface area contributed by atoms with Crippen molar-refractivity contribution >= 4 is 20.8 Å². The quantitative estimate of drug-likeness (QED) is 0.0356. The van der Waals surface area contributed by atoms with Gasteiger partial charge in [-0.3, -0.25) is 4.55 Å². The maximum absolute atomic E-state index is 14.6. The first-order chi connectivity index (χ1) is 39.5. The zero-order valence-electron chi connectivity index (χ0n) is 42.9. The number of benzene rings is 1. The number of rotatable bonds is 14. The van der Waals surface area contributed by atoms with Gasteiger partial charge in [0.25, 0.3) is 0 Å². The van der Waals surface area contributed by atoms with E-state index in [1.807, 2.05) is 0 Å². The van der Waals surface area contributed by atoms with Gasteiger partial charge in [-0.2, -0.15) is 21.7 Å². The van der Waals surface area contributed by atoms with Crippen molar-refractivity contribution in [2.45, 2.75) is 184 Å². The summed E-state index contributed by atoms with van der Waals surface area (Å²) in [4.78, 5) is 11.2. The Balaban J connectivity index is 1.17. The lowest BCUT2D eigenvalue weighted by molar-refractivity contribution is -0.417. The molecule has 39 heteroatoms. The molecule has 0 unspecified atom stereocenters. The highest BCUT2D eigenvalue weighted by Crippen LogP contribution is 2.41. The Labute approximate surface area is 469 Å². The first-order valence-electron chi connectivity index (χ1n) is 25.7. The van der Waals surface area contributed by atoms with E-state index in [-0.39, 0.29) is 5.75 Å². The molecule has 83 heavy (non-hydrogen) atoms. The molecule has 0 saturated carbocycles. The number of aliphatic hydroxyl groups is 14. The van der Waals surface area contributed by atoms with Gasteiger partial charge in [0.1, 0.15) is 140 Å². The lowest BCUT2D eigenvalue weighted by atomic mass is 9.94. The highest BCUT2D eigenvalue weighted by atomic mass is 32.3. The van der Waals surface area contributed by atoms with Crippen LogP contribution in [-0.4, -0.2) is 330 Å². The first-order valence-corrected chi connectivity index (χ1v) is 28.4. The molecule has 13 heterocycles. The van der Waals surface area contributed by atoms with Gasteiger partial charge in [0.15, 0.2) is 49.6 Å². The molecular formula is C44H66O37S2. The molecule has 476 valence electrons. The van der Waals surface area contributed by atoms with Crippen molar-refractivity contribution in [2.75, 3.05) is 52.9 Å². The second kappa shape index (κ2) is 27.6. The van der Waals surface area contributed by atoms with Crippen LogP contribution in [0.4, 0.5) is 0 Å². The van der Waals surface area contributed by atoms with Crippen molar-refractivity contribution in [1.82, 2.24) is 0 Å². The molecule has 1 aromatic rings. The lowest BCUT2D eigenvalue weighted by Gasteiger charge is -2.52. The predicted octanol–water partition coefficient (Wildman–Crippen LogP) is -10.9. The average molecular weight is 1250 g/mol. The summed E-state index contributed by atoms with van der Waals surface area (Å²) in [5.41, 5.74) is 0. The topological polar surface area (TPSA) is 538 Å². The van der Waals surface area contributed by atoms with E-state index in [0.717, 1.165) is 0 Å². The Bertz CT molecular complexity index is 2440. The Hall–Kier alpha value is -2.36. The minimum atomic E-state index is -5.92. The number of fused-ring (bicyclic) bond motifs is 3. The van der Waals surface area contributed by atoms with Gasteiger partial charge in [0.05, 0.1) is 52.9 Å². The molecule has 0 spiro atoms. The SMILES string of the molecule is O=S(=O)(O)OCCO[C@@H]1[C@@H](O)[C@H]2O[C@@H]3[C@@H]4OS(=O)(=O)O[C@@H]5[C@@H](O)[C@@H](O[C@H]6[C@H](O)[C@@H](O)[C@@H](O[C@H]7[C@H](O)[C@@H](O)[C@@H](O[C@H]1[C@@H](CO)O2)O[C@@H]7CO)O[C@@H]6CO)O[C@H](CO)[C@@H]5O[C@H]1O[C@H](CO)[C@H](O[C@@H](O[C@@H]3CO)[C@@H]4O)[C@H](OOc2ccccc2)[C@H]1O. The van der Waals surface area contributed by atoms with E-state index in [4.69, 9.17) is 79.7 Å². The fraction of sp³-hybridized carbons (Fsp3) is 0.864. The van der Waals surface area contributed by atoms with Crippen LogP contribution < -0.4 is 4.89 Å². The largest absolute Gasteiger partial charge is 0.400 e. The van der Waals surface area contributed by atoms with E-state index in [1.54, 1.807) is 6.07 Å². The number of hydrogen-bond acceptors (Lipinski definition) is 36. The molecule has 0 aromatic heterocycles. The van der Waals surface area contributed by atoms with Gasteiger partial charge in [0.2, 0.25) is 0 Å². The second-order valence-corrected chi connectivity index (χ2v) is 22.2. The van der Waals surface area contributed by atoms with E-state index in [9.17, 15) is 92.9 Å². The van der Waals surface area contributed by atoms with E-state index >= 15 is 0 Å². The third-order valence-corrected chi connectivity index (χ3v) is 16.0. The van der Waals surface area contributed by atoms with Crippen molar-refractivity contribution < 1.29 is 177 Å². The van der Waals surface area contributed by atoms with E-state index in [0.29, 0.717) is 0 Å². The lowest BCUT2D eigenvalue weighted by Crippen LogP contribution is -2.70. The number of hydrogen-bond donors (Lipinski definition) is 15. The second-order valence-electron chi connectivity index (χ2n) is 20.0. The number of para-hydroxylation sites is 1. The summed E-state index contributed by atoms with van der Waals surface area (Å²) >= 11 is 0. The summed E-state index contributed by atoms with van der Waals surface area (Å²) in [5.74, 6) is 0.0180. The van der Waals surface area contributed by atoms with E-state index in [2.05, 4.69) is 4.18 Å². The molecule has 30 atom stereocenters. The fourth-order valence-corrected chi connectivity index (χ4v) is 11.9. The maximum atomic E-state index is 14.6. The molecule has 13 saturated heterocycles. The van der Waals surface area contributed by atoms with Gasteiger partial charge in [-0.05, 0) is 12.1 Å². The molecule has 13 aliphatic heterocycles. The van der Waals surface area contributed by atoms with Crippen LogP contribution in [-0.2, 0) is 99.8 Å². The fourth-order valence-electron chi connectivity index (χ4n) is 10.6. The maximum Gasteiger partial charge on any atom is 0.400 e. The Morgan fingerprint density at radius 2 is 0.735 bits per heavy atom. The van der Waals surface area contributed by atoms with Crippen LogP contribution in [0, 0.1) is 0 Å². The Morgan fingerprint density at radius 3 is 1.14 bits per heavy atom. The molecule has 13 aliphatic rings. The summed E-state index contributed by atoms with van der Waals surface area (Å²) in [5, 5.41) is 159. The Morgan fingerprint density at radius 1 is 0.398 bits per heavy atom. The van der Waals surface area contributed by atoms with Crippen LogP contribution in [0.5, 0.6) is 5.75 Å². The predicted molar refractivity (Wildman–Crippen MR) is 250 cm³/mol. The summed E-state index contributed by atoms with van der Waals surface area (Å²) in [6, 6.07) is 7.53. The van der Waals surface area contributed by atoms with Gasteiger partial charge < -0.3 is 138 Å². The summed E-state index contributed by atoms with van der Waals surface area (Å²) in [6.07, 6.45) is -64.8. The summed E-state index contributed by atoms with van der Waals surface area (Å²) in [6.45, 7) is -8.80. The standard InChI is InChI=1S/C44H66O37S2/c45-8-15-29-22(52)24(54)40(67-15)74-31-17(10-47)68-41(25(55)35(31)64-6-7-65-82(59,60)61)76-33-20(13-50)71-44-28(58)38(33)81-83(62,63)80-37-27(57)43(73-30-16(9-46)66-39(72-29)23(53)21(30)51)70-19(12-49)34(37)77-42-26(56)36(32(75-44)18(11-48)69-42)79-78-14-4-2-1-3-5-14/h1-5,15-58H,6-13H2,(H,59,60,61)/t15-,16-,17-,18-,19-,20-,21-,22-,23-,24-,25-,26-,27-,28-,29-,30-,31+,32+,33+,34+,35-,36-,37-,38-,39-,40-,41-,42-,43-,44-/m1/s1. The molecule has 1 aromatic carbocycles. The van der Waals surface area contributed by atoms with Gasteiger partial charge in [-0.1, -0.05) is 18.2 Å². The molecular weight excluding hydrogens is 1180 g/mol. The van der Waals surface area contributed by atoms with Crippen molar-refractivity contribution in [3.63, 3.8) is 0 Å². The molecule has 13 fully saturated rings. The van der Waals surface area contributed by atoms with Crippen LogP contribution in [0.1, 0.15) is 0 Å². The third-order valence-electron chi connectivity index (χ3n) is 14.6. The average Bonchev–Trinajstić information content (AvgIpc) is 2.71. The highest BCUT2D eigenvalue weighted by Gasteiger charge is 2.61. The van der Waals surface area contributed by atoms with Crippen molar-refractivity contribution in [3.05, 3.63) is 30.3 Å². The van der Waals surface area contributed by atoms with Crippen LogP contribution in [0.3, 0.4) is 0 Å². The van der Waals surface area contributed by atoms with Crippen LogP contribution in [0.15, 0.2) is 30.3 Å². The zero-order chi connectivity index (χ0) is 59.8. The highest BCUT2D eigenvalue weighted by molar-refractivity contribution is 7.82. The van der Waals surface area contributed by atoms with Gasteiger partial charge in [-0.15, -0.1) is 0 Å². The molecule has 37 nitrogen and oxygen atoms in total. The molecule has 15 N–H and O–H groups in total. The first kappa shape index (κ1) is 65.1. The monoisotopic (exact) mass is 1250 g/mol. The Kier molecular flexibility index (Phi) is 21.6. The minimum Gasteiger partial charge on any atom is -0.394 e. The molecule has 0 amide bonds. The number of ether oxygens (including phenoxy) is 13. The smallest absolute Gasteiger partial charge is 0.394 e. The van der Waals surface area contributed by atoms with Crippen LogP contribution in [0.25, 0.3) is 0 Å². The van der Waals surface area contributed by atoms with Crippen LogP contribution >= 0.6 is 0 Å². The van der Waals surface area contributed by atoms with E-state index < -0.39 is 258 Å². The zero-order valence-corrected chi connectivity index (χ0v) is 44.5. The molecule has 0 aliphatic carbocycles. The van der Waals surface area contributed by atoms with Gasteiger partial charge in [-0.25, -0.2) is 12.5 Å². The molecule has 0 radical (unpaired) electrons.